The van der Waals surface area contributed by atoms with Gasteiger partial charge in [0.1, 0.15) is 0 Å². The Balaban J connectivity index is 3.40. The Labute approximate surface area is 107 Å². The molecule has 0 amide bonds. The highest BCUT2D eigenvalue weighted by Crippen LogP contribution is 2.03. The summed E-state index contributed by atoms with van der Waals surface area (Å²) in [6.07, 6.45) is 19.9. The van der Waals surface area contributed by atoms with Crippen molar-refractivity contribution in [2.75, 3.05) is 0 Å². The van der Waals surface area contributed by atoms with Gasteiger partial charge in [0.15, 0.2) is 0 Å². The topological polar surface area (TPSA) is 20.2 Å². The Kier molecular flexibility index (Phi) is 12.6. The van der Waals surface area contributed by atoms with Crippen LogP contribution in [0.15, 0.2) is 36.5 Å². The number of unbranched alkanes of at least 4 members (excludes halogenated alkanes) is 2. The lowest BCUT2D eigenvalue weighted by molar-refractivity contribution is 0.181. The van der Waals surface area contributed by atoms with Gasteiger partial charge in [0.25, 0.3) is 0 Å². The number of hydrogen-bond donors (Lipinski definition) is 1. The van der Waals surface area contributed by atoms with Gasteiger partial charge in [-0.1, -0.05) is 50.3 Å². The van der Waals surface area contributed by atoms with Crippen molar-refractivity contribution in [3.05, 3.63) is 36.5 Å². The van der Waals surface area contributed by atoms with Crippen molar-refractivity contribution in [3.63, 3.8) is 0 Å². The van der Waals surface area contributed by atoms with Crippen molar-refractivity contribution in [3.8, 4) is 0 Å². The molecule has 0 saturated heterocycles. The normalized spacial score (nSPS) is 14.3. The molecule has 0 rings (SSSR count). The summed E-state index contributed by atoms with van der Waals surface area (Å²) in [4.78, 5) is 0. The van der Waals surface area contributed by atoms with Crippen LogP contribution in [-0.4, -0.2) is 11.2 Å². The van der Waals surface area contributed by atoms with E-state index in [-0.39, 0.29) is 6.10 Å². The van der Waals surface area contributed by atoms with E-state index in [1.165, 1.54) is 12.8 Å². The first kappa shape index (κ1) is 16.2. The SMILES string of the molecule is CC/C=C/CCC/C=C/CC(O)C/C=C/CC. The molecule has 0 aromatic heterocycles. The first-order valence-corrected chi connectivity index (χ1v) is 6.94. The van der Waals surface area contributed by atoms with Crippen molar-refractivity contribution in [2.24, 2.45) is 0 Å². The summed E-state index contributed by atoms with van der Waals surface area (Å²) in [5.41, 5.74) is 0. The van der Waals surface area contributed by atoms with Gasteiger partial charge in [-0.15, -0.1) is 0 Å². The van der Waals surface area contributed by atoms with Gasteiger partial charge in [-0.3, -0.25) is 0 Å². The molecule has 1 unspecified atom stereocenters. The first-order chi connectivity index (χ1) is 8.31. The smallest absolute Gasteiger partial charge is 0.0609 e. The van der Waals surface area contributed by atoms with Crippen LogP contribution >= 0.6 is 0 Å². The van der Waals surface area contributed by atoms with E-state index >= 15 is 0 Å². The van der Waals surface area contributed by atoms with E-state index < -0.39 is 0 Å². The molecule has 0 heterocycles. The molecular weight excluding hydrogens is 208 g/mol. The maximum Gasteiger partial charge on any atom is 0.0609 e. The summed E-state index contributed by atoms with van der Waals surface area (Å²) < 4.78 is 0. The summed E-state index contributed by atoms with van der Waals surface area (Å²) in [5.74, 6) is 0. The fourth-order valence-electron chi connectivity index (χ4n) is 1.53. The average molecular weight is 236 g/mol. The van der Waals surface area contributed by atoms with Gasteiger partial charge >= 0.3 is 0 Å². The van der Waals surface area contributed by atoms with Crippen LogP contribution in [0.3, 0.4) is 0 Å². The van der Waals surface area contributed by atoms with Crippen LogP contribution in [0.2, 0.25) is 0 Å². The van der Waals surface area contributed by atoms with E-state index in [2.05, 4.69) is 50.3 Å². The Bertz CT molecular complexity index is 226. The number of rotatable bonds is 10. The molecule has 0 aliphatic heterocycles. The Morgan fingerprint density at radius 2 is 1.24 bits per heavy atom. The highest BCUT2D eigenvalue weighted by Gasteiger charge is 1.96. The molecule has 1 heteroatoms. The van der Waals surface area contributed by atoms with Gasteiger partial charge in [0, 0.05) is 0 Å². The maximum absolute atomic E-state index is 9.63. The second kappa shape index (κ2) is 13.2. The third kappa shape index (κ3) is 13.1. The third-order valence-electron chi connectivity index (χ3n) is 2.53. The van der Waals surface area contributed by atoms with Crippen LogP contribution < -0.4 is 0 Å². The van der Waals surface area contributed by atoms with Crippen LogP contribution in [0.4, 0.5) is 0 Å². The molecule has 0 aliphatic carbocycles. The summed E-state index contributed by atoms with van der Waals surface area (Å²) >= 11 is 0. The standard InChI is InChI=1S/C16H28O/c1-3-5-7-8-9-10-11-13-15-16(17)14-12-6-4-2/h5-7,11-13,16-17H,3-4,8-10,14-15H2,1-2H3/b7-5+,12-6+,13-11+. The predicted octanol–water partition coefficient (Wildman–Crippen LogP) is 4.79. The lowest BCUT2D eigenvalue weighted by Gasteiger charge is -2.02. The van der Waals surface area contributed by atoms with E-state index in [4.69, 9.17) is 0 Å². The summed E-state index contributed by atoms with van der Waals surface area (Å²) in [6.45, 7) is 4.26. The Hall–Kier alpha value is -0.820. The second-order valence-electron chi connectivity index (χ2n) is 4.29. The van der Waals surface area contributed by atoms with E-state index in [1.807, 2.05) is 0 Å². The third-order valence-corrected chi connectivity index (χ3v) is 2.53. The molecule has 0 radical (unpaired) electrons. The molecule has 1 nitrogen and oxygen atoms in total. The minimum atomic E-state index is -0.214. The fourth-order valence-corrected chi connectivity index (χ4v) is 1.53. The van der Waals surface area contributed by atoms with Gasteiger partial charge in [-0.05, 0) is 44.9 Å². The molecule has 0 fully saturated rings. The Morgan fingerprint density at radius 3 is 1.82 bits per heavy atom. The van der Waals surface area contributed by atoms with Gasteiger partial charge in [-0.25, -0.2) is 0 Å². The number of hydrogen-bond acceptors (Lipinski definition) is 1. The molecular formula is C16H28O. The van der Waals surface area contributed by atoms with Crippen LogP contribution in [0.5, 0.6) is 0 Å². The summed E-state index contributed by atoms with van der Waals surface area (Å²) in [7, 11) is 0. The van der Waals surface area contributed by atoms with Gasteiger partial charge in [-0.2, -0.15) is 0 Å². The summed E-state index contributed by atoms with van der Waals surface area (Å²) in [5, 5.41) is 9.63. The largest absolute Gasteiger partial charge is 0.392 e. The molecule has 98 valence electrons. The minimum Gasteiger partial charge on any atom is -0.392 e. The van der Waals surface area contributed by atoms with E-state index in [0.717, 1.165) is 32.1 Å². The second-order valence-corrected chi connectivity index (χ2v) is 4.29. The lowest BCUT2D eigenvalue weighted by Crippen LogP contribution is -2.02. The minimum absolute atomic E-state index is 0.214. The molecule has 0 aromatic carbocycles. The zero-order valence-corrected chi connectivity index (χ0v) is 11.4. The Morgan fingerprint density at radius 1 is 0.765 bits per heavy atom. The van der Waals surface area contributed by atoms with Crippen molar-refractivity contribution in [1.29, 1.82) is 0 Å². The fraction of sp³-hybridized carbons (Fsp3) is 0.625. The average Bonchev–Trinajstić information content (AvgIpc) is 2.33. The monoisotopic (exact) mass is 236 g/mol. The van der Waals surface area contributed by atoms with E-state index in [9.17, 15) is 5.11 Å². The zero-order chi connectivity index (χ0) is 12.8. The predicted molar refractivity (Wildman–Crippen MR) is 77.1 cm³/mol. The van der Waals surface area contributed by atoms with Crippen molar-refractivity contribution < 1.29 is 5.11 Å². The molecule has 1 atom stereocenters. The highest BCUT2D eigenvalue weighted by atomic mass is 16.3. The highest BCUT2D eigenvalue weighted by molar-refractivity contribution is 4.89. The molecule has 0 aromatic rings. The molecule has 0 bridgehead atoms. The maximum atomic E-state index is 9.63. The van der Waals surface area contributed by atoms with Crippen LogP contribution in [0, 0.1) is 0 Å². The van der Waals surface area contributed by atoms with E-state index in [0.29, 0.717) is 0 Å². The van der Waals surface area contributed by atoms with Crippen LogP contribution in [0.25, 0.3) is 0 Å². The molecule has 17 heavy (non-hydrogen) atoms. The first-order valence-electron chi connectivity index (χ1n) is 6.94. The van der Waals surface area contributed by atoms with Crippen LogP contribution in [-0.2, 0) is 0 Å². The molecule has 0 aliphatic rings. The van der Waals surface area contributed by atoms with Gasteiger partial charge in [0.05, 0.1) is 6.10 Å². The van der Waals surface area contributed by atoms with E-state index in [1.54, 1.807) is 0 Å². The molecule has 0 spiro atoms. The number of aliphatic hydroxyl groups excluding tert-OH is 1. The summed E-state index contributed by atoms with van der Waals surface area (Å²) in [6, 6.07) is 0. The van der Waals surface area contributed by atoms with Crippen molar-refractivity contribution in [1.82, 2.24) is 0 Å². The molecule has 1 N–H and O–H groups in total. The van der Waals surface area contributed by atoms with Gasteiger partial charge in [0.2, 0.25) is 0 Å². The van der Waals surface area contributed by atoms with Crippen molar-refractivity contribution in [2.45, 2.75) is 64.9 Å². The lowest BCUT2D eigenvalue weighted by atomic mass is 10.1. The molecule has 0 saturated carbocycles. The van der Waals surface area contributed by atoms with Gasteiger partial charge < -0.3 is 5.11 Å². The number of aliphatic hydroxyl groups is 1. The quantitative estimate of drug-likeness (QED) is 0.427. The van der Waals surface area contributed by atoms with Crippen LogP contribution in [0.1, 0.15) is 58.8 Å². The van der Waals surface area contributed by atoms with Crippen molar-refractivity contribution >= 4 is 0 Å². The zero-order valence-electron chi connectivity index (χ0n) is 11.4. The number of allylic oxidation sites excluding steroid dienone is 4.